The van der Waals surface area contributed by atoms with Crippen molar-refractivity contribution in [3.05, 3.63) is 106 Å². The zero-order valence-electron chi connectivity index (χ0n) is 14.2. The third-order valence-electron chi connectivity index (χ3n) is 4.07. The Morgan fingerprint density at radius 3 is 2.27 bits per heavy atom. The molecular weight excluding hydrogens is 334 g/mol. The number of aliphatic imine (C=N–C) groups is 1. The van der Waals surface area contributed by atoms with E-state index in [2.05, 4.69) is 53.2 Å². The lowest BCUT2D eigenvalue weighted by molar-refractivity contribution is 1.08. The zero-order chi connectivity index (χ0) is 17.6. The molecule has 0 radical (unpaired) electrons. The lowest BCUT2D eigenvalue weighted by Crippen LogP contribution is -1.86. The molecule has 4 aromatic rings. The number of fused-ring (bicyclic) bond motifs is 1. The van der Waals surface area contributed by atoms with Crippen LogP contribution in [0.25, 0.3) is 10.1 Å². The lowest BCUT2D eigenvalue weighted by atomic mass is 10.1. The largest absolute Gasteiger partial charge is 0.288 e. The molecule has 0 N–H and O–H groups in total. The van der Waals surface area contributed by atoms with E-state index in [1.165, 1.54) is 15.6 Å². The van der Waals surface area contributed by atoms with Crippen LogP contribution in [0.2, 0.25) is 0 Å². The summed E-state index contributed by atoms with van der Waals surface area (Å²) in [6.45, 7) is 0.677. The zero-order valence-corrected chi connectivity index (χ0v) is 15.0. The molecule has 0 spiro atoms. The van der Waals surface area contributed by atoms with Gasteiger partial charge in [0.2, 0.25) is 0 Å². The molecule has 0 atom stereocenters. The number of thiophene rings is 1. The maximum atomic E-state index is 4.66. The van der Waals surface area contributed by atoms with E-state index >= 15 is 0 Å². The van der Waals surface area contributed by atoms with Crippen LogP contribution in [-0.4, -0.2) is 6.21 Å². The van der Waals surface area contributed by atoms with Gasteiger partial charge in [-0.3, -0.25) is 4.99 Å². The van der Waals surface area contributed by atoms with E-state index in [4.69, 9.17) is 0 Å². The molecule has 0 aliphatic rings. The van der Waals surface area contributed by atoms with Gasteiger partial charge in [-0.1, -0.05) is 72.7 Å². The fraction of sp³-hybridized carbons (Fsp3) is 0.0417. The van der Waals surface area contributed by atoms with Crippen LogP contribution in [0.15, 0.2) is 89.9 Å². The van der Waals surface area contributed by atoms with Crippen molar-refractivity contribution in [1.82, 2.24) is 0 Å². The van der Waals surface area contributed by atoms with Gasteiger partial charge in [-0.25, -0.2) is 0 Å². The van der Waals surface area contributed by atoms with E-state index in [0.29, 0.717) is 6.54 Å². The summed E-state index contributed by atoms with van der Waals surface area (Å²) >= 11 is 1.72. The molecule has 0 aliphatic heterocycles. The van der Waals surface area contributed by atoms with Gasteiger partial charge >= 0.3 is 0 Å². The number of hydrogen-bond donors (Lipinski definition) is 0. The van der Waals surface area contributed by atoms with E-state index in [1.54, 1.807) is 11.3 Å². The Hall–Kier alpha value is -3.15. The fourth-order valence-corrected chi connectivity index (χ4v) is 3.79. The van der Waals surface area contributed by atoms with E-state index in [1.807, 2.05) is 54.7 Å². The van der Waals surface area contributed by atoms with Gasteiger partial charge in [0.05, 0.1) is 11.4 Å². The molecule has 0 saturated carbocycles. The quantitative estimate of drug-likeness (QED) is 0.321. The van der Waals surface area contributed by atoms with Crippen molar-refractivity contribution in [2.24, 2.45) is 4.99 Å². The highest BCUT2D eigenvalue weighted by Gasteiger charge is 2.08. The fourth-order valence-electron chi connectivity index (χ4n) is 2.76. The standard InChI is InChI=1S/C24H17NS/c1-3-9-19(10-4-1)15-16-24-22(21-13-7-8-14-23(21)26-24)18-25-17-20-11-5-2-6-12-20/h1-14,18H,17H2. The van der Waals surface area contributed by atoms with Crippen LogP contribution in [0.1, 0.15) is 21.6 Å². The Kier molecular flexibility index (Phi) is 4.91. The van der Waals surface area contributed by atoms with Gasteiger partial charge in [0.25, 0.3) is 0 Å². The first-order chi connectivity index (χ1) is 12.9. The highest BCUT2D eigenvalue weighted by atomic mass is 32.1. The molecule has 4 rings (SSSR count). The summed E-state index contributed by atoms with van der Waals surface area (Å²) in [5.41, 5.74) is 3.35. The molecule has 0 fully saturated rings. The Morgan fingerprint density at radius 2 is 1.46 bits per heavy atom. The van der Waals surface area contributed by atoms with Gasteiger partial charge in [-0.15, -0.1) is 11.3 Å². The second-order valence-corrected chi connectivity index (χ2v) is 6.96. The number of benzene rings is 3. The van der Waals surface area contributed by atoms with Crippen molar-refractivity contribution in [2.45, 2.75) is 6.54 Å². The van der Waals surface area contributed by atoms with E-state index < -0.39 is 0 Å². The molecule has 2 heteroatoms. The number of rotatable bonds is 3. The SMILES string of the molecule is C(#Cc1sc2ccccc2c1C=NCc1ccccc1)c1ccccc1. The third kappa shape index (κ3) is 3.74. The molecule has 0 saturated heterocycles. The van der Waals surface area contributed by atoms with E-state index in [-0.39, 0.29) is 0 Å². The topological polar surface area (TPSA) is 12.4 Å². The normalized spacial score (nSPS) is 10.8. The highest BCUT2D eigenvalue weighted by Crippen LogP contribution is 2.29. The number of hydrogen-bond acceptors (Lipinski definition) is 2. The predicted molar refractivity (Wildman–Crippen MR) is 112 cm³/mol. The highest BCUT2D eigenvalue weighted by molar-refractivity contribution is 7.20. The Labute approximate surface area is 157 Å². The first-order valence-corrected chi connectivity index (χ1v) is 9.34. The minimum absolute atomic E-state index is 0.677. The van der Waals surface area contributed by atoms with Gasteiger partial charge in [-0.05, 0) is 29.7 Å². The smallest absolute Gasteiger partial charge is 0.0872 e. The third-order valence-corrected chi connectivity index (χ3v) is 5.17. The van der Waals surface area contributed by atoms with Gasteiger partial charge in [0.15, 0.2) is 0 Å². The summed E-state index contributed by atoms with van der Waals surface area (Å²) in [6, 6.07) is 28.8. The van der Waals surface area contributed by atoms with Crippen LogP contribution < -0.4 is 0 Å². The Bertz CT molecular complexity index is 1100. The van der Waals surface area contributed by atoms with Crippen LogP contribution in [0.3, 0.4) is 0 Å². The van der Waals surface area contributed by atoms with Crippen LogP contribution in [0, 0.1) is 11.8 Å². The van der Waals surface area contributed by atoms with Crippen molar-refractivity contribution in [3.63, 3.8) is 0 Å². The summed E-state index contributed by atoms with van der Waals surface area (Å²) < 4.78 is 1.24. The summed E-state index contributed by atoms with van der Waals surface area (Å²) in [7, 11) is 0. The monoisotopic (exact) mass is 351 g/mol. The average Bonchev–Trinajstić information content (AvgIpc) is 3.06. The Morgan fingerprint density at radius 1 is 0.769 bits per heavy atom. The first-order valence-electron chi connectivity index (χ1n) is 8.52. The van der Waals surface area contributed by atoms with Crippen molar-refractivity contribution in [2.75, 3.05) is 0 Å². The molecule has 1 aromatic heterocycles. The molecule has 3 aromatic carbocycles. The van der Waals surface area contributed by atoms with Crippen LogP contribution in [0.4, 0.5) is 0 Å². The lowest BCUT2D eigenvalue weighted by Gasteiger charge is -1.96. The van der Waals surface area contributed by atoms with Gasteiger partial charge in [-0.2, -0.15) is 0 Å². The molecule has 1 heterocycles. The minimum atomic E-state index is 0.677. The van der Waals surface area contributed by atoms with Crippen LogP contribution >= 0.6 is 11.3 Å². The van der Waals surface area contributed by atoms with Crippen LogP contribution in [0.5, 0.6) is 0 Å². The summed E-state index contributed by atoms with van der Waals surface area (Å²) in [5.74, 6) is 6.61. The maximum absolute atomic E-state index is 4.66. The average molecular weight is 351 g/mol. The van der Waals surface area contributed by atoms with E-state index in [0.717, 1.165) is 16.0 Å². The van der Waals surface area contributed by atoms with Crippen molar-refractivity contribution >= 4 is 27.6 Å². The van der Waals surface area contributed by atoms with Crippen molar-refractivity contribution in [1.29, 1.82) is 0 Å². The predicted octanol–water partition coefficient (Wildman–Crippen LogP) is 5.92. The molecule has 0 bridgehead atoms. The molecular formula is C24H17NS. The molecule has 0 unspecified atom stereocenters. The maximum Gasteiger partial charge on any atom is 0.0872 e. The second-order valence-electron chi connectivity index (χ2n) is 5.91. The van der Waals surface area contributed by atoms with E-state index in [9.17, 15) is 0 Å². The summed E-state index contributed by atoms with van der Waals surface area (Å²) in [5, 5.41) is 1.21. The molecule has 26 heavy (non-hydrogen) atoms. The molecule has 1 nitrogen and oxygen atoms in total. The molecule has 0 amide bonds. The van der Waals surface area contributed by atoms with Crippen LogP contribution in [-0.2, 0) is 6.54 Å². The molecule has 124 valence electrons. The first kappa shape index (κ1) is 16.3. The van der Waals surface area contributed by atoms with Gasteiger partial charge in [0.1, 0.15) is 0 Å². The van der Waals surface area contributed by atoms with Crippen molar-refractivity contribution < 1.29 is 0 Å². The molecule has 0 aliphatic carbocycles. The summed E-state index contributed by atoms with van der Waals surface area (Å²) in [6.07, 6.45) is 1.97. The Balaban J connectivity index is 1.69. The van der Waals surface area contributed by atoms with Gasteiger partial charge in [0, 0.05) is 27.4 Å². The minimum Gasteiger partial charge on any atom is -0.288 e. The van der Waals surface area contributed by atoms with Gasteiger partial charge < -0.3 is 0 Å². The second kappa shape index (κ2) is 7.82. The number of nitrogens with zero attached hydrogens (tertiary/aromatic N) is 1. The summed E-state index contributed by atoms with van der Waals surface area (Å²) in [4.78, 5) is 5.73. The van der Waals surface area contributed by atoms with Crippen molar-refractivity contribution in [3.8, 4) is 11.8 Å².